The second kappa shape index (κ2) is 3.70. The van der Waals surface area contributed by atoms with Gasteiger partial charge in [0.2, 0.25) is 0 Å². The van der Waals surface area contributed by atoms with Crippen molar-refractivity contribution in [3.05, 3.63) is 12.2 Å². The molecule has 72 valence electrons. The molecule has 0 bridgehead atoms. The monoisotopic (exact) mass is 183 g/mol. The molecule has 4 heteroatoms. The number of hydrogen-bond acceptors (Lipinski definition) is 4. The van der Waals surface area contributed by atoms with Gasteiger partial charge in [0, 0.05) is 0 Å². The van der Waals surface area contributed by atoms with Crippen molar-refractivity contribution in [2.75, 3.05) is 7.11 Å². The highest BCUT2D eigenvalue weighted by Crippen LogP contribution is 2.19. The van der Waals surface area contributed by atoms with Crippen molar-refractivity contribution in [3.63, 3.8) is 0 Å². The van der Waals surface area contributed by atoms with Crippen molar-refractivity contribution < 1.29 is 14.3 Å². The maximum atomic E-state index is 11.4. The summed E-state index contributed by atoms with van der Waals surface area (Å²) in [5, 5.41) is 0. The van der Waals surface area contributed by atoms with E-state index >= 15 is 0 Å². The number of hydrogen-bond donors (Lipinski definition) is 1. The molecule has 0 saturated carbocycles. The number of ether oxygens (including phenoxy) is 1. The van der Waals surface area contributed by atoms with E-state index in [1.807, 2.05) is 0 Å². The zero-order valence-corrected chi connectivity index (χ0v) is 7.58. The summed E-state index contributed by atoms with van der Waals surface area (Å²) >= 11 is 0. The topological polar surface area (TPSA) is 69.4 Å². The fourth-order valence-corrected chi connectivity index (χ4v) is 1.35. The smallest absolute Gasteiger partial charge is 0.333 e. The molecule has 0 heterocycles. The standard InChI is InChI=1S/C9H13NO3/c1-13-8(12)9(10)6-4-2-3-5-7(9)11/h3,5H,2,4,6,10H2,1H3/t9-/m0/s1. The van der Waals surface area contributed by atoms with Crippen LogP contribution in [0.4, 0.5) is 0 Å². The van der Waals surface area contributed by atoms with E-state index in [0.717, 1.165) is 12.8 Å². The van der Waals surface area contributed by atoms with Crippen LogP contribution in [0, 0.1) is 0 Å². The predicted octanol–water partition coefficient (Wildman–Crippen LogP) is 0.166. The van der Waals surface area contributed by atoms with Gasteiger partial charge in [-0.15, -0.1) is 0 Å². The first-order chi connectivity index (χ1) is 6.11. The van der Waals surface area contributed by atoms with Gasteiger partial charge in [0.25, 0.3) is 0 Å². The number of carbonyl (C=O) groups is 2. The van der Waals surface area contributed by atoms with E-state index in [1.54, 1.807) is 6.08 Å². The third-order valence-electron chi connectivity index (χ3n) is 2.20. The zero-order valence-electron chi connectivity index (χ0n) is 7.58. The second-order valence-corrected chi connectivity index (χ2v) is 3.12. The van der Waals surface area contributed by atoms with E-state index in [-0.39, 0.29) is 5.78 Å². The van der Waals surface area contributed by atoms with Gasteiger partial charge in [-0.3, -0.25) is 4.79 Å². The maximum Gasteiger partial charge on any atom is 0.333 e. The van der Waals surface area contributed by atoms with E-state index in [0.29, 0.717) is 6.42 Å². The van der Waals surface area contributed by atoms with Crippen LogP contribution in [0.2, 0.25) is 0 Å². The average molecular weight is 183 g/mol. The van der Waals surface area contributed by atoms with Gasteiger partial charge in [-0.2, -0.15) is 0 Å². The number of esters is 1. The zero-order chi connectivity index (χ0) is 9.90. The highest BCUT2D eigenvalue weighted by atomic mass is 16.5. The van der Waals surface area contributed by atoms with E-state index in [4.69, 9.17) is 5.73 Å². The van der Waals surface area contributed by atoms with Crippen LogP contribution in [-0.4, -0.2) is 24.4 Å². The molecule has 0 aromatic carbocycles. The molecule has 1 atom stereocenters. The van der Waals surface area contributed by atoms with Crippen LogP contribution in [0.5, 0.6) is 0 Å². The van der Waals surface area contributed by atoms with Crippen LogP contribution in [0.25, 0.3) is 0 Å². The van der Waals surface area contributed by atoms with Gasteiger partial charge >= 0.3 is 5.97 Å². The fraction of sp³-hybridized carbons (Fsp3) is 0.556. The van der Waals surface area contributed by atoms with Gasteiger partial charge in [-0.1, -0.05) is 6.08 Å². The molecule has 1 aliphatic rings. The summed E-state index contributed by atoms with van der Waals surface area (Å²) in [6.07, 6.45) is 4.96. The van der Waals surface area contributed by atoms with E-state index in [9.17, 15) is 9.59 Å². The normalized spacial score (nSPS) is 28.3. The Kier molecular flexibility index (Phi) is 2.83. The molecule has 0 fully saturated rings. The van der Waals surface area contributed by atoms with E-state index in [1.165, 1.54) is 13.2 Å². The third-order valence-corrected chi connectivity index (χ3v) is 2.20. The van der Waals surface area contributed by atoms with Crippen molar-refractivity contribution in [1.29, 1.82) is 0 Å². The van der Waals surface area contributed by atoms with Crippen molar-refractivity contribution in [1.82, 2.24) is 0 Å². The number of carbonyl (C=O) groups excluding carboxylic acids is 2. The van der Waals surface area contributed by atoms with Crippen molar-refractivity contribution >= 4 is 11.8 Å². The van der Waals surface area contributed by atoms with Gasteiger partial charge < -0.3 is 10.5 Å². The van der Waals surface area contributed by atoms with E-state index < -0.39 is 11.5 Å². The van der Waals surface area contributed by atoms with Crippen LogP contribution in [0.3, 0.4) is 0 Å². The molecule has 4 nitrogen and oxygen atoms in total. The van der Waals surface area contributed by atoms with Gasteiger partial charge in [-0.05, 0) is 25.3 Å². The Balaban J connectivity index is 2.91. The van der Waals surface area contributed by atoms with Crippen molar-refractivity contribution in [2.45, 2.75) is 24.8 Å². The lowest BCUT2D eigenvalue weighted by atomic mass is 9.91. The molecule has 0 radical (unpaired) electrons. The molecule has 0 amide bonds. The number of ketones is 1. The Morgan fingerprint density at radius 1 is 1.69 bits per heavy atom. The molecule has 1 rings (SSSR count). The first-order valence-corrected chi connectivity index (χ1v) is 4.19. The molecular formula is C9H13NO3. The number of nitrogens with two attached hydrogens (primary N) is 1. The molecule has 0 aromatic heterocycles. The first-order valence-electron chi connectivity index (χ1n) is 4.19. The molecule has 1 aliphatic carbocycles. The van der Waals surface area contributed by atoms with E-state index in [2.05, 4.69) is 4.74 Å². The summed E-state index contributed by atoms with van der Waals surface area (Å²) in [7, 11) is 1.23. The minimum atomic E-state index is -1.46. The van der Waals surface area contributed by atoms with Crippen LogP contribution in [-0.2, 0) is 14.3 Å². The second-order valence-electron chi connectivity index (χ2n) is 3.12. The molecule has 2 N–H and O–H groups in total. The Hall–Kier alpha value is -1.16. The Labute approximate surface area is 76.7 Å². The van der Waals surface area contributed by atoms with Gasteiger partial charge in [0.05, 0.1) is 7.11 Å². The number of rotatable bonds is 1. The average Bonchev–Trinajstić information content (AvgIpc) is 2.29. The Morgan fingerprint density at radius 2 is 2.38 bits per heavy atom. The summed E-state index contributed by atoms with van der Waals surface area (Å²) in [6, 6.07) is 0. The maximum absolute atomic E-state index is 11.4. The summed E-state index contributed by atoms with van der Waals surface area (Å²) in [6.45, 7) is 0. The third kappa shape index (κ3) is 1.78. The van der Waals surface area contributed by atoms with Crippen LogP contribution < -0.4 is 5.73 Å². The largest absolute Gasteiger partial charge is 0.467 e. The lowest BCUT2D eigenvalue weighted by Crippen LogP contribution is -2.54. The van der Waals surface area contributed by atoms with Gasteiger partial charge in [0.1, 0.15) is 0 Å². The highest BCUT2D eigenvalue weighted by molar-refractivity contribution is 6.13. The lowest BCUT2D eigenvalue weighted by molar-refractivity contribution is -0.150. The molecule has 0 unspecified atom stereocenters. The summed E-state index contributed by atoms with van der Waals surface area (Å²) in [5.41, 5.74) is 4.22. The highest BCUT2D eigenvalue weighted by Gasteiger charge is 2.41. The molecule has 13 heavy (non-hydrogen) atoms. The molecule has 0 aromatic rings. The lowest BCUT2D eigenvalue weighted by Gasteiger charge is -2.21. The first kappa shape index (κ1) is 9.92. The molecular weight excluding hydrogens is 170 g/mol. The summed E-state index contributed by atoms with van der Waals surface area (Å²) < 4.78 is 4.50. The number of methoxy groups -OCH3 is 1. The number of allylic oxidation sites excluding steroid dienone is 1. The minimum Gasteiger partial charge on any atom is -0.467 e. The fourth-order valence-electron chi connectivity index (χ4n) is 1.35. The van der Waals surface area contributed by atoms with Crippen LogP contribution in [0.1, 0.15) is 19.3 Å². The van der Waals surface area contributed by atoms with Gasteiger partial charge in [-0.25, -0.2) is 4.79 Å². The molecule has 0 aliphatic heterocycles. The Bertz CT molecular complexity index is 260. The molecule has 0 saturated heterocycles. The van der Waals surface area contributed by atoms with Crippen LogP contribution >= 0.6 is 0 Å². The minimum absolute atomic E-state index is 0.353. The van der Waals surface area contributed by atoms with Gasteiger partial charge in [0.15, 0.2) is 11.3 Å². The molecule has 0 spiro atoms. The van der Waals surface area contributed by atoms with Crippen molar-refractivity contribution in [3.8, 4) is 0 Å². The Morgan fingerprint density at radius 3 is 3.00 bits per heavy atom. The SMILES string of the molecule is COC(=O)[C@]1(N)CCCC=CC1=O. The van der Waals surface area contributed by atoms with Crippen molar-refractivity contribution in [2.24, 2.45) is 5.73 Å². The summed E-state index contributed by atoms with van der Waals surface area (Å²) in [4.78, 5) is 22.7. The summed E-state index contributed by atoms with van der Waals surface area (Å²) in [5.74, 6) is -1.01. The van der Waals surface area contributed by atoms with Crippen LogP contribution in [0.15, 0.2) is 12.2 Å². The quantitative estimate of drug-likeness (QED) is 0.464. The predicted molar refractivity (Wildman–Crippen MR) is 46.9 cm³/mol.